The fourth-order valence-electron chi connectivity index (χ4n) is 1.62. The maximum atomic E-state index is 11.4. The molecule has 0 bridgehead atoms. The average molecular weight is 226 g/mol. The van der Waals surface area contributed by atoms with Gasteiger partial charge in [-0.3, -0.25) is 9.59 Å². The van der Waals surface area contributed by atoms with E-state index < -0.39 is 0 Å². The molecule has 0 radical (unpaired) electrons. The summed E-state index contributed by atoms with van der Waals surface area (Å²) in [6.07, 6.45) is 0.182. The first-order valence-corrected chi connectivity index (χ1v) is 5.45. The number of rotatable bonds is 3. The van der Waals surface area contributed by atoms with Crippen LogP contribution in [0.5, 0.6) is 0 Å². The highest BCUT2D eigenvalue weighted by Gasteiger charge is 2.18. The minimum Gasteiger partial charge on any atom is -0.469 e. The van der Waals surface area contributed by atoms with Crippen molar-refractivity contribution in [1.29, 1.82) is 0 Å². The van der Waals surface area contributed by atoms with E-state index in [0.29, 0.717) is 5.56 Å². The lowest BCUT2D eigenvalue weighted by Crippen LogP contribution is -2.08. The molecule has 0 aromatic carbocycles. The molecule has 0 aliphatic carbocycles. The number of carbonyl (C=O) groups excluding carboxylic acids is 2. The zero-order chi connectivity index (χ0) is 11.6. The van der Waals surface area contributed by atoms with Crippen LogP contribution in [0.2, 0.25) is 0 Å². The van der Waals surface area contributed by atoms with Crippen molar-refractivity contribution in [3.05, 3.63) is 20.9 Å². The number of aryl methyl sites for hydroxylation is 2. The van der Waals surface area contributed by atoms with Crippen molar-refractivity contribution in [1.82, 2.24) is 0 Å². The van der Waals surface area contributed by atoms with Crippen molar-refractivity contribution >= 4 is 23.1 Å². The summed E-state index contributed by atoms with van der Waals surface area (Å²) in [4.78, 5) is 24.6. The Bertz CT molecular complexity index is 404. The summed E-state index contributed by atoms with van der Waals surface area (Å²) in [5.74, 6) is -0.297. The lowest BCUT2D eigenvalue weighted by atomic mass is 10.0. The van der Waals surface area contributed by atoms with E-state index in [4.69, 9.17) is 0 Å². The van der Waals surface area contributed by atoms with Gasteiger partial charge in [0, 0.05) is 15.3 Å². The number of esters is 1. The number of ketones is 1. The smallest absolute Gasteiger partial charge is 0.310 e. The molecule has 0 saturated heterocycles. The fraction of sp³-hybridized carbons (Fsp3) is 0.455. The van der Waals surface area contributed by atoms with Crippen molar-refractivity contribution in [3.63, 3.8) is 0 Å². The van der Waals surface area contributed by atoms with Crippen LogP contribution in [0, 0.1) is 13.8 Å². The van der Waals surface area contributed by atoms with E-state index >= 15 is 0 Å². The van der Waals surface area contributed by atoms with Crippen LogP contribution in [0.4, 0.5) is 0 Å². The van der Waals surface area contributed by atoms with Gasteiger partial charge in [0.2, 0.25) is 0 Å². The van der Waals surface area contributed by atoms with Crippen molar-refractivity contribution in [2.75, 3.05) is 7.11 Å². The first-order valence-electron chi connectivity index (χ1n) is 4.64. The lowest BCUT2D eigenvalue weighted by Gasteiger charge is -2.02. The predicted octanol–water partition coefficient (Wildman–Crippen LogP) is 2.28. The van der Waals surface area contributed by atoms with Crippen molar-refractivity contribution in [2.45, 2.75) is 27.2 Å². The molecule has 0 saturated carbocycles. The molecule has 0 amide bonds. The second-order valence-electron chi connectivity index (χ2n) is 3.38. The van der Waals surface area contributed by atoms with Crippen LogP contribution < -0.4 is 0 Å². The molecule has 0 atom stereocenters. The molecule has 0 N–H and O–H groups in total. The standard InChI is InChI=1S/C11H14O3S/c1-6(12)11-8(3)15-7(2)9(11)5-10(13)14-4/h5H2,1-4H3. The van der Waals surface area contributed by atoms with Crippen LogP contribution in [0.15, 0.2) is 0 Å². The zero-order valence-corrected chi connectivity index (χ0v) is 10.2. The van der Waals surface area contributed by atoms with Gasteiger partial charge in [-0.25, -0.2) is 0 Å². The maximum Gasteiger partial charge on any atom is 0.310 e. The lowest BCUT2D eigenvalue weighted by molar-refractivity contribution is -0.139. The third-order valence-corrected chi connectivity index (χ3v) is 3.35. The first kappa shape index (κ1) is 11.9. The molecule has 3 nitrogen and oxygen atoms in total. The quantitative estimate of drug-likeness (QED) is 0.586. The fourth-order valence-corrected chi connectivity index (χ4v) is 2.75. The van der Waals surface area contributed by atoms with Crippen LogP contribution in [-0.4, -0.2) is 18.9 Å². The molecular weight excluding hydrogens is 212 g/mol. The van der Waals surface area contributed by atoms with Crippen LogP contribution in [-0.2, 0) is 16.0 Å². The van der Waals surface area contributed by atoms with Gasteiger partial charge < -0.3 is 4.74 Å². The number of Topliss-reactive ketones (excluding diaryl/α,β-unsaturated/α-hetero) is 1. The Morgan fingerprint density at radius 1 is 1.27 bits per heavy atom. The highest BCUT2D eigenvalue weighted by molar-refractivity contribution is 7.12. The topological polar surface area (TPSA) is 43.4 Å². The highest BCUT2D eigenvalue weighted by atomic mass is 32.1. The Morgan fingerprint density at radius 2 is 1.87 bits per heavy atom. The SMILES string of the molecule is COC(=O)Cc1c(C)sc(C)c1C(C)=O. The predicted molar refractivity (Wildman–Crippen MR) is 59.5 cm³/mol. The Balaban J connectivity index is 3.15. The number of thiophene rings is 1. The number of carbonyl (C=O) groups is 2. The summed E-state index contributed by atoms with van der Waals surface area (Å²) >= 11 is 1.55. The van der Waals surface area contributed by atoms with Crippen LogP contribution >= 0.6 is 11.3 Å². The highest BCUT2D eigenvalue weighted by Crippen LogP contribution is 2.28. The van der Waals surface area contributed by atoms with Crippen molar-refractivity contribution < 1.29 is 14.3 Å². The van der Waals surface area contributed by atoms with Gasteiger partial charge in [0.05, 0.1) is 13.5 Å². The number of methoxy groups -OCH3 is 1. The normalized spacial score (nSPS) is 10.1. The van der Waals surface area contributed by atoms with Crippen LogP contribution in [0.25, 0.3) is 0 Å². The summed E-state index contributed by atoms with van der Waals surface area (Å²) in [5.41, 5.74) is 1.50. The summed E-state index contributed by atoms with van der Waals surface area (Å²) in [6, 6.07) is 0. The largest absolute Gasteiger partial charge is 0.469 e. The van der Waals surface area contributed by atoms with Gasteiger partial charge in [-0.2, -0.15) is 0 Å². The van der Waals surface area contributed by atoms with E-state index in [1.54, 1.807) is 11.3 Å². The van der Waals surface area contributed by atoms with Gasteiger partial charge >= 0.3 is 5.97 Å². The molecule has 0 spiro atoms. The Labute approximate surface area is 93.1 Å². The summed E-state index contributed by atoms with van der Waals surface area (Å²) in [6.45, 7) is 5.34. The molecule has 1 aromatic rings. The molecular formula is C11H14O3S. The number of ether oxygens (including phenoxy) is 1. The van der Waals surface area contributed by atoms with Crippen molar-refractivity contribution in [2.24, 2.45) is 0 Å². The van der Waals surface area contributed by atoms with E-state index in [-0.39, 0.29) is 18.2 Å². The van der Waals surface area contributed by atoms with Crippen molar-refractivity contribution in [3.8, 4) is 0 Å². The molecule has 15 heavy (non-hydrogen) atoms. The molecule has 0 unspecified atom stereocenters. The molecule has 0 fully saturated rings. The molecule has 1 heterocycles. The van der Waals surface area contributed by atoms with Crippen LogP contribution in [0.3, 0.4) is 0 Å². The molecule has 0 aliphatic heterocycles. The van der Waals surface area contributed by atoms with Gasteiger partial charge in [0.15, 0.2) is 5.78 Å². The Kier molecular flexibility index (Phi) is 3.63. The minimum absolute atomic E-state index is 0.00996. The molecule has 4 heteroatoms. The second-order valence-corrected chi connectivity index (χ2v) is 4.81. The summed E-state index contributed by atoms with van der Waals surface area (Å²) < 4.78 is 4.61. The third kappa shape index (κ3) is 2.45. The monoisotopic (exact) mass is 226 g/mol. The van der Waals surface area contributed by atoms with Gasteiger partial charge in [0.25, 0.3) is 0 Å². The second kappa shape index (κ2) is 4.57. The molecule has 82 valence electrons. The number of hydrogen-bond donors (Lipinski definition) is 0. The molecule has 0 aliphatic rings. The minimum atomic E-state index is -0.307. The Hall–Kier alpha value is -1.16. The number of hydrogen-bond acceptors (Lipinski definition) is 4. The zero-order valence-electron chi connectivity index (χ0n) is 9.34. The summed E-state index contributed by atoms with van der Waals surface area (Å²) in [7, 11) is 1.35. The van der Waals surface area contributed by atoms with E-state index in [0.717, 1.165) is 15.3 Å². The van der Waals surface area contributed by atoms with Gasteiger partial charge in [-0.05, 0) is 26.3 Å². The third-order valence-electron chi connectivity index (χ3n) is 2.29. The maximum absolute atomic E-state index is 11.4. The molecule has 1 aromatic heterocycles. The first-order chi connectivity index (χ1) is 6.97. The van der Waals surface area contributed by atoms with Gasteiger partial charge in [0.1, 0.15) is 0 Å². The van der Waals surface area contributed by atoms with E-state index in [1.165, 1.54) is 14.0 Å². The van der Waals surface area contributed by atoms with Crippen LogP contribution in [0.1, 0.15) is 32.6 Å². The van der Waals surface area contributed by atoms with E-state index in [2.05, 4.69) is 4.74 Å². The van der Waals surface area contributed by atoms with E-state index in [9.17, 15) is 9.59 Å². The average Bonchev–Trinajstić information content (AvgIpc) is 2.41. The van der Waals surface area contributed by atoms with E-state index in [1.807, 2.05) is 13.8 Å². The van der Waals surface area contributed by atoms with Gasteiger partial charge in [-0.1, -0.05) is 0 Å². The summed E-state index contributed by atoms with van der Waals surface area (Å²) in [5, 5.41) is 0. The Morgan fingerprint density at radius 3 is 2.33 bits per heavy atom. The molecule has 1 rings (SSSR count). The van der Waals surface area contributed by atoms with Gasteiger partial charge in [-0.15, -0.1) is 11.3 Å².